The van der Waals surface area contributed by atoms with Gasteiger partial charge < -0.3 is 10.4 Å². The summed E-state index contributed by atoms with van der Waals surface area (Å²) in [5, 5.41) is 13.1. The zero-order chi connectivity index (χ0) is 12.9. The van der Waals surface area contributed by atoms with Gasteiger partial charge in [-0.05, 0) is 31.9 Å². The van der Waals surface area contributed by atoms with Crippen LogP contribution < -0.4 is 5.32 Å². The fraction of sp³-hybridized carbons (Fsp3) is 0.500. The monoisotopic (exact) mass is 235 g/mol. The van der Waals surface area contributed by atoms with Gasteiger partial charge >= 0.3 is 0 Å². The number of nitrogens with one attached hydrogen (secondary N) is 1. The molecule has 1 aromatic rings. The lowest BCUT2D eigenvalue weighted by Gasteiger charge is -2.32. The predicted molar refractivity (Wildman–Crippen MR) is 68.9 cm³/mol. The SMILES string of the molecule is CCC(O)(CC)C(C)NC(=O)c1ccccc1. The Bertz CT molecular complexity index is 358. The van der Waals surface area contributed by atoms with Crippen molar-refractivity contribution < 1.29 is 9.90 Å². The highest BCUT2D eigenvalue weighted by atomic mass is 16.3. The van der Waals surface area contributed by atoms with Gasteiger partial charge in [0.25, 0.3) is 5.91 Å². The van der Waals surface area contributed by atoms with E-state index in [1.54, 1.807) is 12.1 Å². The summed E-state index contributed by atoms with van der Waals surface area (Å²) in [7, 11) is 0. The topological polar surface area (TPSA) is 49.3 Å². The van der Waals surface area contributed by atoms with Gasteiger partial charge in [-0.25, -0.2) is 0 Å². The van der Waals surface area contributed by atoms with Crippen LogP contribution in [0, 0.1) is 0 Å². The van der Waals surface area contributed by atoms with Crippen molar-refractivity contribution in [1.82, 2.24) is 5.32 Å². The molecule has 94 valence electrons. The first-order valence-corrected chi connectivity index (χ1v) is 6.11. The molecule has 0 radical (unpaired) electrons. The molecule has 3 heteroatoms. The van der Waals surface area contributed by atoms with Crippen molar-refractivity contribution in [2.24, 2.45) is 0 Å². The molecule has 0 aliphatic carbocycles. The molecular weight excluding hydrogens is 214 g/mol. The molecule has 1 atom stereocenters. The quantitative estimate of drug-likeness (QED) is 0.823. The van der Waals surface area contributed by atoms with Crippen molar-refractivity contribution in [2.45, 2.75) is 45.3 Å². The van der Waals surface area contributed by atoms with Gasteiger partial charge in [-0.15, -0.1) is 0 Å². The van der Waals surface area contributed by atoms with E-state index in [-0.39, 0.29) is 11.9 Å². The normalized spacial score (nSPS) is 13.2. The van der Waals surface area contributed by atoms with Gasteiger partial charge in [-0.3, -0.25) is 4.79 Å². The summed E-state index contributed by atoms with van der Waals surface area (Å²) in [5.74, 6) is -0.140. The number of rotatable bonds is 5. The van der Waals surface area contributed by atoms with E-state index in [9.17, 15) is 9.90 Å². The van der Waals surface area contributed by atoms with E-state index >= 15 is 0 Å². The first-order chi connectivity index (χ1) is 8.03. The molecule has 0 saturated heterocycles. The van der Waals surface area contributed by atoms with Gasteiger partial charge in [-0.2, -0.15) is 0 Å². The molecule has 1 amide bonds. The maximum atomic E-state index is 11.9. The zero-order valence-electron chi connectivity index (χ0n) is 10.7. The van der Waals surface area contributed by atoms with Crippen molar-refractivity contribution >= 4 is 5.91 Å². The molecule has 0 fully saturated rings. The predicted octanol–water partition coefficient (Wildman–Crippen LogP) is 2.36. The minimum atomic E-state index is -0.829. The highest BCUT2D eigenvalue weighted by Crippen LogP contribution is 2.19. The van der Waals surface area contributed by atoms with Gasteiger partial charge in [0.2, 0.25) is 0 Å². The highest BCUT2D eigenvalue weighted by molar-refractivity contribution is 5.94. The molecule has 2 N–H and O–H groups in total. The molecule has 0 heterocycles. The fourth-order valence-electron chi connectivity index (χ4n) is 1.87. The number of benzene rings is 1. The van der Waals surface area contributed by atoms with Crippen LogP contribution in [0.5, 0.6) is 0 Å². The largest absolute Gasteiger partial charge is 0.388 e. The molecule has 1 rings (SSSR count). The van der Waals surface area contributed by atoms with Crippen LogP contribution in [0.4, 0.5) is 0 Å². The van der Waals surface area contributed by atoms with E-state index in [0.717, 1.165) is 0 Å². The second kappa shape index (κ2) is 5.82. The first kappa shape index (κ1) is 13.7. The van der Waals surface area contributed by atoms with Crippen molar-refractivity contribution in [3.05, 3.63) is 35.9 Å². The first-order valence-electron chi connectivity index (χ1n) is 6.11. The minimum Gasteiger partial charge on any atom is -0.388 e. The Kier molecular flexibility index (Phi) is 4.70. The lowest BCUT2D eigenvalue weighted by molar-refractivity contribution is 0.000672. The molecule has 0 aromatic heterocycles. The number of amides is 1. The van der Waals surface area contributed by atoms with Crippen LogP contribution in [0.1, 0.15) is 44.0 Å². The maximum Gasteiger partial charge on any atom is 0.251 e. The smallest absolute Gasteiger partial charge is 0.251 e. The lowest BCUT2D eigenvalue weighted by atomic mass is 9.89. The van der Waals surface area contributed by atoms with Crippen LogP contribution in [-0.2, 0) is 0 Å². The minimum absolute atomic E-state index is 0.140. The third-order valence-corrected chi connectivity index (χ3v) is 3.41. The maximum absolute atomic E-state index is 11.9. The van der Waals surface area contributed by atoms with E-state index in [1.165, 1.54) is 0 Å². The Morgan fingerprint density at radius 3 is 2.29 bits per heavy atom. The summed E-state index contributed by atoms with van der Waals surface area (Å²) in [6.45, 7) is 5.69. The highest BCUT2D eigenvalue weighted by Gasteiger charge is 2.30. The zero-order valence-corrected chi connectivity index (χ0v) is 10.7. The Morgan fingerprint density at radius 2 is 1.82 bits per heavy atom. The summed E-state index contributed by atoms with van der Waals surface area (Å²) in [6.07, 6.45) is 1.25. The molecule has 3 nitrogen and oxygen atoms in total. The van der Waals surface area contributed by atoms with Crippen LogP contribution in [0.15, 0.2) is 30.3 Å². The Labute approximate surface area is 103 Å². The number of aliphatic hydroxyl groups is 1. The van der Waals surface area contributed by atoms with Crippen molar-refractivity contribution in [2.75, 3.05) is 0 Å². The molecule has 0 aliphatic rings. The summed E-state index contributed by atoms with van der Waals surface area (Å²) < 4.78 is 0. The number of carbonyl (C=O) groups is 1. The second-order valence-corrected chi connectivity index (χ2v) is 4.37. The van der Waals surface area contributed by atoms with Crippen molar-refractivity contribution in [1.29, 1.82) is 0 Å². The molecular formula is C14H21NO2. The van der Waals surface area contributed by atoms with Crippen LogP contribution in [0.3, 0.4) is 0 Å². The molecule has 0 spiro atoms. The Morgan fingerprint density at radius 1 is 1.29 bits per heavy atom. The molecule has 0 aliphatic heterocycles. The molecule has 1 aromatic carbocycles. The van der Waals surface area contributed by atoms with Crippen LogP contribution >= 0.6 is 0 Å². The number of hydrogen-bond donors (Lipinski definition) is 2. The molecule has 0 bridgehead atoms. The summed E-state index contributed by atoms with van der Waals surface area (Å²) in [6, 6.07) is 8.79. The number of carbonyl (C=O) groups excluding carboxylic acids is 1. The summed E-state index contributed by atoms with van der Waals surface area (Å²) in [4.78, 5) is 11.9. The van der Waals surface area contributed by atoms with E-state index in [2.05, 4.69) is 5.32 Å². The molecule has 17 heavy (non-hydrogen) atoms. The van der Waals surface area contributed by atoms with E-state index in [0.29, 0.717) is 18.4 Å². The Hall–Kier alpha value is -1.35. The van der Waals surface area contributed by atoms with Crippen LogP contribution in [-0.4, -0.2) is 22.7 Å². The second-order valence-electron chi connectivity index (χ2n) is 4.37. The van der Waals surface area contributed by atoms with Gasteiger partial charge in [0, 0.05) is 5.56 Å². The van der Waals surface area contributed by atoms with Crippen molar-refractivity contribution in [3.63, 3.8) is 0 Å². The summed E-state index contributed by atoms with van der Waals surface area (Å²) >= 11 is 0. The average molecular weight is 235 g/mol. The van der Waals surface area contributed by atoms with Crippen LogP contribution in [0.25, 0.3) is 0 Å². The summed E-state index contributed by atoms with van der Waals surface area (Å²) in [5.41, 5.74) is -0.210. The number of hydrogen-bond acceptors (Lipinski definition) is 2. The Balaban J connectivity index is 2.69. The van der Waals surface area contributed by atoms with Crippen molar-refractivity contribution in [3.8, 4) is 0 Å². The molecule has 0 saturated carbocycles. The standard InChI is InChI=1S/C14H21NO2/c1-4-14(17,5-2)11(3)15-13(16)12-9-7-6-8-10-12/h6-11,17H,4-5H2,1-3H3,(H,15,16). The third kappa shape index (κ3) is 3.30. The third-order valence-electron chi connectivity index (χ3n) is 3.41. The van der Waals surface area contributed by atoms with Crippen LogP contribution in [0.2, 0.25) is 0 Å². The average Bonchev–Trinajstić information content (AvgIpc) is 2.38. The van der Waals surface area contributed by atoms with E-state index in [4.69, 9.17) is 0 Å². The lowest BCUT2D eigenvalue weighted by Crippen LogP contribution is -2.50. The van der Waals surface area contributed by atoms with Gasteiger partial charge in [0.1, 0.15) is 0 Å². The van der Waals surface area contributed by atoms with Gasteiger partial charge in [-0.1, -0.05) is 32.0 Å². The molecule has 1 unspecified atom stereocenters. The van der Waals surface area contributed by atoms with Gasteiger partial charge in [0.05, 0.1) is 11.6 Å². The van der Waals surface area contributed by atoms with E-state index in [1.807, 2.05) is 39.0 Å². The fourth-order valence-corrected chi connectivity index (χ4v) is 1.87. The van der Waals surface area contributed by atoms with E-state index < -0.39 is 5.60 Å². The van der Waals surface area contributed by atoms with Gasteiger partial charge in [0.15, 0.2) is 0 Å².